The monoisotopic (exact) mass is 721 g/mol. The number of benzene rings is 7. The molecule has 1 aliphatic rings. The summed E-state index contributed by atoms with van der Waals surface area (Å²) in [5, 5.41) is 4.98. The molecule has 0 radical (unpaired) electrons. The van der Waals surface area contributed by atoms with Gasteiger partial charge < -0.3 is 4.90 Å². The van der Waals surface area contributed by atoms with Crippen LogP contribution in [0, 0.1) is 6.92 Å². The van der Waals surface area contributed by atoms with Gasteiger partial charge in [0, 0.05) is 17.6 Å². The molecule has 0 heterocycles. The minimum Gasteiger partial charge on any atom is -0.321 e. The fraction of sp³-hybridized carbons (Fsp3) is 0.0909. The predicted molar refractivity (Wildman–Crippen MR) is 243 cm³/mol. The molecule has 0 unspecified atom stereocenters. The quantitative estimate of drug-likeness (QED) is 0.0897. The average molecular weight is 722 g/mol. The first kappa shape index (κ1) is 36.3. The molecule has 0 atom stereocenters. The summed E-state index contributed by atoms with van der Waals surface area (Å²) < 4.78 is 0. The van der Waals surface area contributed by atoms with Crippen LogP contribution in [0.25, 0.3) is 38.8 Å². The average Bonchev–Trinajstić information content (AvgIpc) is 3.59. The van der Waals surface area contributed by atoms with Crippen LogP contribution in [0.15, 0.2) is 213 Å². The van der Waals surface area contributed by atoms with Gasteiger partial charge in [-0.05, 0) is 123 Å². The number of fused-ring (bicyclic) bond motifs is 4. The summed E-state index contributed by atoms with van der Waals surface area (Å²) in [5.74, 6) is 0. The summed E-state index contributed by atoms with van der Waals surface area (Å²) in [5.41, 5.74) is 12.9. The molecule has 0 fully saturated rings. The molecule has 0 saturated carbocycles. The highest BCUT2D eigenvalue weighted by Gasteiger charge is 2.40. The summed E-state index contributed by atoms with van der Waals surface area (Å²) in [6.07, 6.45) is 16.8. The zero-order valence-electron chi connectivity index (χ0n) is 32.3. The van der Waals surface area contributed by atoms with Crippen molar-refractivity contribution in [2.75, 3.05) is 4.90 Å². The normalized spacial score (nSPS) is 13.7. The maximum Gasteiger partial charge on any atom is 0.0643 e. The van der Waals surface area contributed by atoms with Crippen molar-refractivity contribution < 1.29 is 0 Å². The molecule has 272 valence electrons. The van der Waals surface area contributed by atoms with Crippen molar-refractivity contribution in [2.45, 2.75) is 32.1 Å². The summed E-state index contributed by atoms with van der Waals surface area (Å²) in [7, 11) is 0. The van der Waals surface area contributed by atoms with Gasteiger partial charge in [-0.25, -0.2) is 0 Å². The third kappa shape index (κ3) is 6.89. The van der Waals surface area contributed by atoms with Crippen LogP contribution in [-0.2, 0) is 5.41 Å². The number of rotatable bonds is 12. The van der Waals surface area contributed by atoms with Crippen molar-refractivity contribution in [1.29, 1.82) is 0 Å². The molecule has 0 aromatic heterocycles. The summed E-state index contributed by atoms with van der Waals surface area (Å²) in [4.78, 5) is 2.25. The molecule has 0 bridgehead atoms. The number of anilines is 1. The molecule has 1 heteroatoms. The molecular weight excluding hydrogens is 675 g/mol. The Kier molecular flexibility index (Phi) is 10.3. The number of aryl methyl sites for hydroxylation is 1. The molecule has 1 aliphatic carbocycles. The highest BCUT2D eigenvalue weighted by molar-refractivity contribution is 6.08. The van der Waals surface area contributed by atoms with Gasteiger partial charge in [0.1, 0.15) is 0 Å². The molecule has 7 aromatic carbocycles. The smallest absolute Gasteiger partial charge is 0.0643 e. The highest BCUT2D eigenvalue weighted by atomic mass is 15.1. The Morgan fingerprint density at radius 1 is 0.696 bits per heavy atom. The van der Waals surface area contributed by atoms with E-state index in [2.05, 4.69) is 220 Å². The van der Waals surface area contributed by atoms with E-state index in [-0.39, 0.29) is 5.41 Å². The third-order valence-electron chi connectivity index (χ3n) is 11.3. The summed E-state index contributed by atoms with van der Waals surface area (Å²) in [6.45, 7) is 13.2. The minimum atomic E-state index is -0.366. The van der Waals surface area contributed by atoms with Crippen LogP contribution < -0.4 is 4.90 Å². The molecule has 7 aromatic rings. The van der Waals surface area contributed by atoms with Crippen molar-refractivity contribution >= 4 is 44.5 Å². The van der Waals surface area contributed by atoms with Crippen LogP contribution >= 0.6 is 0 Å². The Morgan fingerprint density at radius 3 is 2.09 bits per heavy atom. The molecule has 1 nitrogen and oxygen atoms in total. The molecule has 0 spiro atoms. The summed E-state index contributed by atoms with van der Waals surface area (Å²) >= 11 is 0. The lowest BCUT2D eigenvalue weighted by molar-refractivity contribution is 0.793. The maximum absolute atomic E-state index is 4.73. The lowest BCUT2D eigenvalue weighted by Gasteiger charge is -2.30. The fourth-order valence-electron chi connectivity index (χ4n) is 8.38. The van der Waals surface area contributed by atoms with Crippen molar-refractivity contribution in [3.63, 3.8) is 0 Å². The van der Waals surface area contributed by atoms with Crippen molar-refractivity contribution in [1.82, 2.24) is 0 Å². The van der Waals surface area contributed by atoms with E-state index in [0.29, 0.717) is 0 Å². The Balaban J connectivity index is 1.14. The van der Waals surface area contributed by atoms with E-state index in [1.807, 2.05) is 6.08 Å². The zero-order valence-corrected chi connectivity index (χ0v) is 32.3. The molecule has 0 aliphatic heterocycles. The Labute approximate surface area is 332 Å². The summed E-state index contributed by atoms with van der Waals surface area (Å²) in [6, 6.07) is 57.1. The van der Waals surface area contributed by atoms with Crippen LogP contribution in [0.5, 0.6) is 0 Å². The van der Waals surface area contributed by atoms with E-state index in [1.165, 1.54) is 60.5 Å². The van der Waals surface area contributed by atoms with Crippen LogP contribution in [0.2, 0.25) is 0 Å². The SMILES string of the molecule is C=C/C(=C\C=C\N(C(=C)CCC1=CC(c2ccccc2)(c2ccccc2)c2ccccc21)c1ccc(C)c(/C=C\C)c1)c1ccc2ccc3ccccc3c2c1. The molecule has 0 saturated heterocycles. The van der Waals surface area contributed by atoms with E-state index in [1.54, 1.807) is 0 Å². The lowest BCUT2D eigenvalue weighted by atomic mass is 9.71. The molecule has 0 N–H and O–H groups in total. The van der Waals surface area contributed by atoms with Crippen molar-refractivity contribution in [3.8, 4) is 0 Å². The first-order valence-corrected chi connectivity index (χ1v) is 19.6. The van der Waals surface area contributed by atoms with Gasteiger partial charge in [0.2, 0.25) is 0 Å². The maximum atomic E-state index is 4.73. The lowest BCUT2D eigenvalue weighted by Crippen LogP contribution is -2.25. The third-order valence-corrected chi connectivity index (χ3v) is 11.3. The second-order valence-electron chi connectivity index (χ2n) is 14.6. The van der Waals surface area contributed by atoms with Gasteiger partial charge in [0.25, 0.3) is 0 Å². The first-order valence-electron chi connectivity index (χ1n) is 19.6. The number of hydrogen-bond donors (Lipinski definition) is 0. The highest BCUT2D eigenvalue weighted by Crippen LogP contribution is 2.50. The second-order valence-corrected chi connectivity index (χ2v) is 14.6. The van der Waals surface area contributed by atoms with Gasteiger partial charge >= 0.3 is 0 Å². The van der Waals surface area contributed by atoms with E-state index < -0.39 is 0 Å². The molecular formula is C55H47N. The van der Waals surface area contributed by atoms with E-state index in [4.69, 9.17) is 6.58 Å². The zero-order chi connectivity index (χ0) is 38.5. The van der Waals surface area contributed by atoms with Crippen molar-refractivity contribution in [3.05, 3.63) is 252 Å². The van der Waals surface area contributed by atoms with Gasteiger partial charge in [0.15, 0.2) is 0 Å². The fourth-order valence-corrected chi connectivity index (χ4v) is 8.38. The number of hydrogen-bond acceptors (Lipinski definition) is 1. The van der Waals surface area contributed by atoms with Gasteiger partial charge in [-0.15, -0.1) is 0 Å². The van der Waals surface area contributed by atoms with Crippen LogP contribution in [-0.4, -0.2) is 0 Å². The molecule has 8 rings (SSSR count). The molecule has 0 amide bonds. The van der Waals surface area contributed by atoms with E-state index in [9.17, 15) is 0 Å². The molecule has 56 heavy (non-hydrogen) atoms. The topological polar surface area (TPSA) is 3.24 Å². The number of nitrogens with zero attached hydrogens (tertiary/aromatic N) is 1. The second kappa shape index (κ2) is 16.0. The first-order chi connectivity index (χ1) is 27.5. The minimum absolute atomic E-state index is 0.366. The number of allylic oxidation sites excluding steroid dienone is 8. The van der Waals surface area contributed by atoms with E-state index in [0.717, 1.165) is 35.4 Å². The van der Waals surface area contributed by atoms with Gasteiger partial charge in [-0.2, -0.15) is 0 Å². The Hall–Kier alpha value is -6.70. The van der Waals surface area contributed by atoms with Gasteiger partial charge in [-0.1, -0.05) is 183 Å². The van der Waals surface area contributed by atoms with E-state index >= 15 is 0 Å². The Bertz CT molecular complexity index is 2650. The van der Waals surface area contributed by atoms with Crippen molar-refractivity contribution in [2.24, 2.45) is 0 Å². The van der Waals surface area contributed by atoms with Crippen LogP contribution in [0.3, 0.4) is 0 Å². The largest absolute Gasteiger partial charge is 0.321 e. The van der Waals surface area contributed by atoms with Gasteiger partial charge in [-0.3, -0.25) is 0 Å². The Morgan fingerprint density at radius 2 is 1.36 bits per heavy atom. The van der Waals surface area contributed by atoms with Crippen LogP contribution in [0.4, 0.5) is 5.69 Å². The van der Waals surface area contributed by atoms with Gasteiger partial charge in [0.05, 0.1) is 5.41 Å². The van der Waals surface area contributed by atoms with Crippen LogP contribution in [0.1, 0.15) is 58.7 Å². The predicted octanol–water partition coefficient (Wildman–Crippen LogP) is 14.6. The standard InChI is InChI=1S/C55H47N/c1-5-18-45-37-50(35-28-40(45)3)56(36-17-20-42(6-2)46-34-33-44-32-31-43-19-13-14-25-51(43)53(44)38-46)41(4)29-30-47-39-55(48-21-9-7-10-22-48,49-23-11-8-12-24-49)54-27-16-15-26-52(47)54/h5-28,31-39H,2,4,29-30H2,1,3H3/b18-5-,36-17+,42-20+.